The van der Waals surface area contributed by atoms with Crippen molar-refractivity contribution in [3.05, 3.63) is 33.4 Å². The number of nitrogens with zero attached hydrogens (tertiary/aromatic N) is 2. The van der Waals surface area contributed by atoms with Crippen LogP contribution in [0.3, 0.4) is 0 Å². The molecule has 0 saturated carbocycles. The Morgan fingerprint density at radius 2 is 2.10 bits per heavy atom. The molecule has 0 spiro atoms. The lowest BCUT2D eigenvalue weighted by atomic mass is 10.1. The number of carboxylic acids is 1. The van der Waals surface area contributed by atoms with E-state index in [2.05, 4.69) is 0 Å². The normalized spacial score (nSPS) is 18.4. The summed E-state index contributed by atoms with van der Waals surface area (Å²) in [5.74, 6) is -2.27. The lowest BCUT2D eigenvalue weighted by molar-refractivity contribution is -0.384. The van der Waals surface area contributed by atoms with Gasteiger partial charge in [-0.25, -0.2) is 0 Å². The molecule has 2 rings (SSSR count). The molecule has 1 saturated heterocycles. The first-order valence-electron chi connectivity index (χ1n) is 6.10. The van der Waals surface area contributed by atoms with Crippen molar-refractivity contribution in [3.8, 4) is 0 Å². The Kier molecular flexibility index (Phi) is 3.44. The molecule has 106 valence electrons. The number of rotatable bonds is 3. The number of aryl methyl sites for hydroxylation is 1. The van der Waals surface area contributed by atoms with E-state index in [0.29, 0.717) is 5.56 Å². The number of hydrogen-bond donors (Lipinski definition) is 1. The van der Waals surface area contributed by atoms with Gasteiger partial charge < -0.3 is 10.0 Å². The van der Waals surface area contributed by atoms with Gasteiger partial charge >= 0.3 is 5.97 Å². The lowest BCUT2D eigenvalue weighted by Gasteiger charge is -2.19. The fourth-order valence-corrected chi connectivity index (χ4v) is 2.36. The average molecular weight is 278 g/mol. The van der Waals surface area contributed by atoms with Crippen LogP contribution in [-0.2, 0) is 9.59 Å². The van der Waals surface area contributed by atoms with Gasteiger partial charge in [-0.3, -0.25) is 19.7 Å². The first kappa shape index (κ1) is 14.0. The SMILES string of the molecule is Cc1ccc([N+](=O)[O-])c(N2CC(C(=O)O)CC2=O)c1C. The average Bonchev–Trinajstić information content (AvgIpc) is 2.74. The molecule has 0 aromatic heterocycles. The van der Waals surface area contributed by atoms with Gasteiger partial charge in [0.15, 0.2) is 0 Å². The summed E-state index contributed by atoms with van der Waals surface area (Å²) in [5.41, 5.74) is 1.48. The number of aliphatic carboxylic acids is 1. The molecule has 7 nitrogen and oxygen atoms in total. The van der Waals surface area contributed by atoms with Crippen LogP contribution in [0, 0.1) is 29.9 Å². The smallest absolute Gasteiger partial charge is 0.308 e. The van der Waals surface area contributed by atoms with Crippen molar-refractivity contribution in [1.82, 2.24) is 0 Å². The largest absolute Gasteiger partial charge is 0.481 e. The topological polar surface area (TPSA) is 101 Å². The van der Waals surface area contributed by atoms with Gasteiger partial charge in [-0.1, -0.05) is 6.07 Å². The van der Waals surface area contributed by atoms with Crippen LogP contribution < -0.4 is 4.90 Å². The van der Waals surface area contributed by atoms with Crippen LogP contribution in [0.4, 0.5) is 11.4 Å². The molecule has 1 fully saturated rings. The highest BCUT2D eigenvalue weighted by Crippen LogP contribution is 2.37. The van der Waals surface area contributed by atoms with Gasteiger partial charge in [0.05, 0.1) is 10.8 Å². The number of carbonyl (C=O) groups is 2. The number of nitro benzene ring substituents is 1. The molecule has 1 aliphatic rings. The highest BCUT2D eigenvalue weighted by atomic mass is 16.6. The maximum atomic E-state index is 12.0. The zero-order chi connectivity index (χ0) is 15.0. The standard InChI is InChI=1S/C13H14N2O5/c1-7-3-4-10(15(19)20)12(8(7)2)14-6-9(13(17)18)5-11(14)16/h3-4,9H,5-6H2,1-2H3,(H,17,18). The van der Waals surface area contributed by atoms with Gasteiger partial charge in [0.1, 0.15) is 5.69 Å². The predicted molar refractivity (Wildman–Crippen MR) is 70.7 cm³/mol. The number of carbonyl (C=O) groups excluding carboxylic acids is 1. The Hall–Kier alpha value is -2.44. The molecular formula is C13H14N2O5. The van der Waals surface area contributed by atoms with Crippen molar-refractivity contribution < 1.29 is 19.6 Å². The quantitative estimate of drug-likeness (QED) is 0.669. The van der Waals surface area contributed by atoms with Gasteiger partial charge in [-0.05, 0) is 25.0 Å². The van der Waals surface area contributed by atoms with Gasteiger partial charge in [-0.15, -0.1) is 0 Å². The second-order valence-corrected chi connectivity index (χ2v) is 4.88. The Labute approximate surface area is 115 Å². The number of nitro groups is 1. The molecular weight excluding hydrogens is 264 g/mol. The maximum absolute atomic E-state index is 12.0. The number of carboxylic acid groups (broad SMARTS) is 1. The maximum Gasteiger partial charge on any atom is 0.308 e. The zero-order valence-corrected chi connectivity index (χ0v) is 11.1. The van der Waals surface area contributed by atoms with Crippen LogP contribution in [-0.4, -0.2) is 28.5 Å². The van der Waals surface area contributed by atoms with E-state index in [1.165, 1.54) is 11.0 Å². The third-order valence-corrected chi connectivity index (χ3v) is 3.62. The molecule has 1 aromatic rings. The molecule has 1 amide bonds. The van der Waals surface area contributed by atoms with Crippen molar-refractivity contribution in [2.45, 2.75) is 20.3 Å². The van der Waals surface area contributed by atoms with E-state index in [1.807, 2.05) is 0 Å². The summed E-state index contributed by atoms with van der Waals surface area (Å²) in [6, 6.07) is 2.96. The van der Waals surface area contributed by atoms with Crippen molar-refractivity contribution >= 4 is 23.3 Å². The molecule has 7 heteroatoms. The first-order valence-corrected chi connectivity index (χ1v) is 6.10. The third-order valence-electron chi connectivity index (χ3n) is 3.62. The van der Waals surface area contributed by atoms with E-state index in [0.717, 1.165) is 5.56 Å². The molecule has 0 aliphatic carbocycles. The van der Waals surface area contributed by atoms with Crippen LogP contribution in [0.1, 0.15) is 17.5 Å². The summed E-state index contributed by atoms with van der Waals surface area (Å²) in [7, 11) is 0. The van der Waals surface area contributed by atoms with E-state index < -0.39 is 22.7 Å². The minimum absolute atomic E-state index is 0.0285. The molecule has 20 heavy (non-hydrogen) atoms. The summed E-state index contributed by atoms with van der Waals surface area (Å²) in [5, 5.41) is 20.1. The van der Waals surface area contributed by atoms with Gasteiger partial charge in [-0.2, -0.15) is 0 Å². The Morgan fingerprint density at radius 3 is 2.60 bits per heavy atom. The van der Waals surface area contributed by atoms with Crippen LogP contribution in [0.25, 0.3) is 0 Å². The van der Waals surface area contributed by atoms with E-state index in [9.17, 15) is 19.7 Å². The highest BCUT2D eigenvalue weighted by Gasteiger charge is 2.38. The second-order valence-electron chi connectivity index (χ2n) is 4.88. The van der Waals surface area contributed by atoms with Gasteiger partial charge in [0, 0.05) is 19.0 Å². The summed E-state index contributed by atoms with van der Waals surface area (Å²) < 4.78 is 0. The van der Waals surface area contributed by atoms with Crippen molar-refractivity contribution in [2.24, 2.45) is 5.92 Å². The Morgan fingerprint density at radius 1 is 1.45 bits per heavy atom. The number of anilines is 1. The van der Waals surface area contributed by atoms with E-state index in [1.54, 1.807) is 19.9 Å². The summed E-state index contributed by atoms with van der Waals surface area (Å²) in [6.07, 6.45) is -0.125. The van der Waals surface area contributed by atoms with Crippen LogP contribution in [0.2, 0.25) is 0 Å². The molecule has 1 aromatic carbocycles. The fraction of sp³-hybridized carbons (Fsp3) is 0.385. The molecule has 1 N–H and O–H groups in total. The minimum Gasteiger partial charge on any atom is -0.481 e. The van der Waals surface area contributed by atoms with Crippen LogP contribution in [0.5, 0.6) is 0 Å². The molecule has 0 bridgehead atoms. The van der Waals surface area contributed by atoms with Crippen molar-refractivity contribution in [3.63, 3.8) is 0 Å². The number of amides is 1. The van der Waals surface area contributed by atoms with Crippen molar-refractivity contribution in [1.29, 1.82) is 0 Å². The van der Waals surface area contributed by atoms with Crippen LogP contribution in [0.15, 0.2) is 12.1 Å². The monoisotopic (exact) mass is 278 g/mol. The Bertz CT molecular complexity index is 611. The fourth-order valence-electron chi connectivity index (χ4n) is 2.36. The van der Waals surface area contributed by atoms with Gasteiger partial charge in [0.2, 0.25) is 5.91 Å². The first-order chi connectivity index (χ1) is 9.32. The zero-order valence-electron chi connectivity index (χ0n) is 11.1. The number of hydrogen-bond acceptors (Lipinski definition) is 4. The summed E-state index contributed by atoms with van der Waals surface area (Å²) in [4.78, 5) is 34.7. The van der Waals surface area contributed by atoms with E-state index >= 15 is 0 Å². The van der Waals surface area contributed by atoms with Gasteiger partial charge in [0.25, 0.3) is 5.69 Å². The number of benzene rings is 1. The minimum atomic E-state index is -1.06. The van der Waals surface area contributed by atoms with E-state index in [-0.39, 0.29) is 24.3 Å². The molecule has 1 aliphatic heterocycles. The second kappa shape index (κ2) is 4.92. The third kappa shape index (κ3) is 2.22. The van der Waals surface area contributed by atoms with Crippen molar-refractivity contribution in [2.75, 3.05) is 11.4 Å². The predicted octanol–water partition coefficient (Wildman–Crippen LogP) is 1.65. The summed E-state index contributed by atoms with van der Waals surface area (Å²) in [6.45, 7) is 3.45. The Balaban J connectivity index is 2.52. The molecule has 1 atom stereocenters. The lowest BCUT2D eigenvalue weighted by Crippen LogP contribution is -2.27. The molecule has 0 radical (unpaired) electrons. The van der Waals surface area contributed by atoms with E-state index in [4.69, 9.17) is 5.11 Å². The molecule has 1 unspecified atom stereocenters. The molecule has 1 heterocycles. The highest BCUT2D eigenvalue weighted by molar-refractivity contribution is 6.01. The van der Waals surface area contributed by atoms with Crippen LogP contribution >= 0.6 is 0 Å². The summed E-state index contributed by atoms with van der Waals surface area (Å²) >= 11 is 0.